The molecule has 0 radical (unpaired) electrons. The van der Waals surface area contributed by atoms with Gasteiger partial charge in [-0.3, -0.25) is 4.79 Å². The highest BCUT2D eigenvalue weighted by Gasteiger charge is 2.71. The third-order valence-corrected chi connectivity index (χ3v) is 5.33. The van der Waals surface area contributed by atoms with E-state index in [1.165, 1.54) is 0 Å². The largest absolute Gasteiger partial charge is 0.460 e. The molecule has 22 heavy (non-hydrogen) atoms. The van der Waals surface area contributed by atoms with Crippen LogP contribution in [0.15, 0.2) is 21.3 Å². The van der Waals surface area contributed by atoms with Crippen molar-refractivity contribution in [3.8, 4) is 0 Å². The summed E-state index contributed by atoms with van der Waals surface area (Å²) in [5.74, 6) is 0.676. The van der Waals surface area contributed by atoms with Crippen LogP contribution < -0.4 is 11.2 Å². The summed E-state index contributed by atoms with van der Waals surface area (Å²) < 4.78 is 20.0. The number of aryl methyl sites for hydroxylation is 1. The lowest BCUT2D eigenvalue weighted by atomic mass is 9.41. The number of hydrogen-bond acceptors (Lipinski definition) is 3. The number of benzene rings is 1. The van der Waals surface area contributed by atoms with Crippen molar-refractivity contribution in [3.63, 3.8) is 0 Å². The zero-order valence-electron chi connectivity index (χ0n) is 13.1. The molecule has 2 bridgehead atoms. The number of alkyl halides is 1. The Morgan fingerprint density at radius 2 is 1.91 bits per heavy atom. The molecule has 116 valence electrons. The smallest absolute Gasteiger partial charge is 0.195 e. The van der Waals surface area contributed by atoms with E-state index in [4.69, 9.17) is 10.2 Å². The first-order valence-corrected chi connectivity index (χ1v) is 7.78. The van der Waals surface area contributed by atoms with Gasteiger partial charge in [-0.05, 0) is 51.7 Å². The highest BCUT2D eigenvalue weighted by molar-refractivity contribution is 5.82. The molecule has 4 heteroatoms. The topological polar surface area (TPSA) is 56.2 Å². The highest BCUT2D eigenvalue weighted by Crippen LogP contribution is 2.70. The molecule has 0 saturated heterocycles. The average molecular weight is 301 g/mol. The fraction of sp³-hybridized carbons (Fsp3) is 0.500. The van der Waals surface area contributed by atoms with Crippen molar-refractivity contribution in [2.45, 2.75) is 57.2 Å². The molecule has 1 aromatic heterocycles. The van der Waals surface area contributed by atoms with Crippen LogP contribution >= 0.6 is 0 Å². The van der Waals surface area contributed by atoms with E-state index in [2.05, 4.69) is 0 Å². The number of hydrogen-bond donors (Lipinski definition) is 1. The first-order chi connectivity index (χ1) is 10.2. The molecule has 0 unspecified atom stereocenters. The van der Waals surface area contributed by atoms with Crippen molar-refractivity contribution < 1.29 is 8.81 Å². The third kappa shape index (κ3) is 1.62. The molecular weight excluding hydrogens is 281 g/mol. The van der Waals surface area contributed by atoms with E-state index in [-0.39, 0.29) is 16.9 Å². The molecule has 2 aromatic rings. The van der Waals surface area contributed by atoms with Crippen molar-refractivity contribution in [2.24, 2.45) is 5.73 Å². The highest BCUT2D eigenvalue weighted by atomic mass is 19.1. The summed E-state index contributed by atoms with van der Waals surface area (Å²) >= 11 is 0. The first kappa shape index (κ1) is 13.9. The summed E-state index contributed by atoms with van der Waals surface area (Å²) in [5, 5.41) is 0.579. The average Bonchev–Trinajstić information content (AvgIpc) is 2.38. The van der Waals surface area contributed by atoms with Gasteiger partial charge < -0.3 is 10.2 Å². The van der Waals surface area contributed by atoms with Crippen LogP contribution in [0.3, 0.4) is 0 Å². The number of rotatable bonds is 2. The van der Waals surface area contributed by atoms with Crippen LogP contribution in [0.25, 0.3) is 11.0 Å². The Balaban J connectivity index is 2.01. The van der Waals surface area contributed by atoms with Gasteiger partial charge in [-0.25, -0.2) is 4.39 Å². The predicted molar refractivity (Wildman–Crippen MR) is 83.9 cm³/mol. The minimum atomic E-state index is -1.02. The van der Waals surface area contributed by atoms with Crippen LogP contribution in [0.2, 0.25) is 0 Å². The van der Waals surface area contributed by atoms with E-state index in [0.717, 1.165) is 11.1 Å². The van der Waals surface area contributed by atoms with E-state index in [1.807, 2.05) is 26.0 Å². The van der Waals surface area contributed by atoms with E-state index in [1.54, 1.807) is 6.92 Å². The Morgan fingerprint density at radius 1 is 1.27 bits per heavy atom. The fourth-order valence-electron chi connectivity index (χ4n) is 4.32. The Hall–Kier alpha value is -1.68. The second-order valence-corrected chi connectivity index (χ2v) is 7.37. The van der Waals surface area contributed by atoms with Gasteiger partial charge in [0.1, 0.15) is 17.0 Å². The molecule has 3 aliphatic carbocycles. The maximum atomic E-state index is 13.9. The van der Waals surface area contributed by atoms with Crippen molar-refractivity contribution in [1.82, 2.24) is 0 Å². The zero-order valence-corrected chi connectivity index (χ0v) is 13.1. The second kappa shape index (κ2) is 3.99. The first-order valence-electron chi connectivity index (χ1n) is 7.78. The Bertz CT molecular complexity index is 846. The van der Waals surface area contributed by atoms with Crippen LogP contribution in [0.5, 0.6) is 0 Å². The second-order valence-electron chi connectivity index (χ2n) is 7.37. The summed E-state index contributed by atoms with van der Waals surface area (Å²) in [4.78, 5) is 12.8. The molecule has 3 aliphatic rings. The van der Waals surface area contributed by atoms with Crippen LogP contribution in [0.1, 0.15) is 54.7 Å². The molecule has 3 saturated carbocycles. The predicted octanol–water partition coefficient (Wildman–Crippen LogP) is 3.57. The van der Waals surface area contributed by atoms with Gasteiger partial charge in [0.2, 0.25) is 0 Å². The maximum Gasteiger partial charge on any atom is 0.195 e. The van der Waals surface area contributed by atoms with Gasteiger partial charge in [0.15, 0.2) is 5.43 Å². The Labute approximate surface area is 128 Å². The molecule has 0 aliphatic heterocycles. The van der Waals surface area contributed by atoms with E-state index in [9.17, 15) is 9.18 Å². The van der Waals surface area contributed by atoms with Gasteiger partial charge in [0, 0.05) is 22.6 Å². The Morgan fingerprint density at radius 3 is 2.45 bits per heavy atom. The number of nitrogens with two attached hydrogens (primary N) is 1. The molecule has 1 atom stereocenters. The summed E-state index contributed by atoms with van der Waals surface area (Å²) in [7, 11) is 0. The zero-order chi connectivity index (χ0) is 15.9. The number of fused-ring (bicyclic) bond motifs is 1. The van der Waals surface area contributed by atoms with E-state index >= 15 is 0 Å². The van der Waals surface area contributed by atoms with Crippen LogP contribution in [-0.4, -0.2) is 5.67 Å². The molecule has 5 rings (SSSR count). The van der Waals surface area contributed by atoms with Gasteiger partial charge in [-0.15, -0.1) is 0 Å². The summed E-state index contributed by atoms with van der Waals surface area (Å²) in [5.41, 5.74) is 7.79. The van der Waals surface area contributed by atoms with Crippen molar-refractivity contribution in [1.29, 1.82) is 0 Å². The van der Waals surface area contributed by atoms with E-state index in [0.29, 0.717) is 41.6 Å². The van der Waals surface area contributed by atoms with Gasteiger partial charge in [-0.2, -0.15) is 0 Å². The van der Waals surface area contributed by atoms with Crippen molar-refractivity contribution in [3.05, 3.63) is 44.8 Å². The van der Waals surface area contributed by atoms with Gasteiger partial charge in [-0.1, -0.05) is 6.07 Å². The third-order valence-electron chi connectivity index (χ3n) is 5.33. The lowest BCUT2D eigenvalue weighted by molar-refractivity contribution is -0.167. The van der Waals surface area contributed by atoms with E-state index < -0.39 is 5.67 Å². The fourth-order valence-corrected chi connectivity index (χ4v) is 4.32. The lowest BCUT2D eigenvalue weighted by Gasteiger charge is -2.65. The molecule has 2 N–H and O–H groups in total. The molecule has 0 amide bonds. The maximum absolute atomic E-state index is 13.9. The summed E-state index contributed by atoms with van der Waals surface area (Å²) in [6.07, 6.45) is 1.44. The van der Waals surface area contributed by atoms with Crippen molar-refractivity contribution >= 4 is 11.0 Å². The standard InChI is InChI=1S/C18H20FNO2/c1-9-4-12(11(3)20)15-13(5-9)14(21)10(2)16(22-15)17-6-18(19,7-17)8-17/h4-5,11H,6-8,20H2,1-3H3/t11-,17?,18?/m1/s1. The molecule has 1 heterocycles. The summed E-state index contributed by atoms with van der Waals surface area (Å²) in [6, 6.07) is 3.59. The SMILES string of the molecule is Cc1cc([C@@H](C)N)c2oc(C34CC(F)(C3)C4)c(C)c(=O)c2c1. The quantitative estimate of drug-likeness (QED) is 0.922. The van der Waals surface area contributed by atoms with Gasteiger partial charge in [0.25, 0.3) is 0 Å². The lowest BCUT2D eigenvalue weighted by Crippen LogP contribution is -2.67. The van der Waals surface area contributed by atoms with Crippen LogP contribution in [-0.2, 0) is 5.41 Å². The number of halogens is 1. The molecule has 0 spiro atoms. The Kier molecular flexibility index (Phi) is 2.53. The monoisotopic (exact) mass is 301 g/mol. The molecule has 1 aromatic carbocycles. The van der Waals surface area contributed by atoms with Gasteiger partial charge in [0.05, 0.1) is 5.39 Å². The summed E-state index contributed by atoms with van der Waals surface area (Å²) in [6.45, 7) is 5.62. The molecular formula is C18H20FNO2. The minimum absolute atomic E-state index is 0.0144. The van der Waals surface area contributed by atoms with Gasteiger partial charge >= 0.3 is 0 Å². The molecule has 3 fully saturated rings. The van der Waals surface area contributed by atoms with Crippen LogP contribution in [0.4, 0.5) is 4.39 Å². The molecule has 3 nitrogen and oxygen atoms in total. The van der Waals surface area contributed by atoms with Crippen molar-refractivity contribution in [2.75, 3.05) is 0 Å². The minimum Gasteiger partial charge on any atom is -0.460 e. The van der Waals surface area contributed by atoms with Crippen LogP contribution in [0, 0.1) is 13.8 Å². The normalized spacial score (nSPS) is 30.8.